The topological polar surface area (TPSA) is 85.8 Å². The molecule has 0 radical (unpaired) electrons. The molecule has 3 N–H and O–H groups in total. The second kappa shape index (κ2) is 5.69. The van der Waals surface area contributed by atoms with Crippen LogP contribution < -0.4 is 11.1 Å². The van der Waals surface area contributed by atoms with Crippen LogP contribution in [0.25, 0.3) is 16.9 Å². The third-order valence-electron chi connectivity index (χ3n) is 3.29. The Kier molecular flexibility index (Phi) is 3.57. The Hall–Kier alpha value is -3.15. The van der Waals surface area contributed by atoms with Gasteiger partial charge < -0.3 is 5.73 Å². The Morgan fingerprint density at radius 2 is 2.00 bits per heavy atom. The highest BCUT2D eigenvalue weighted by Crippen LogP contribution is 2.25. The molecular formula is C16H15N5O. The Morgan fingerprint density at radius 1 is 1.18 bits per heavy atom. The molecular weight excluding hydrogens is 278 g/mol. The van der Waals surface area contributed by atoms with Gasteiger partial charge in [-0.15, -0.1) is 0 Å². The molecule has 0 aliphatic rings. The van der Waals surface area contributed by atoms with Gasteiger partial charge in [0, 0.05) is 11.8 Å². The van der Waals surface area contributed by atoms with E-state index in [-0.39, 0.29) is 0 Å². The number of anilines is 1. The molecule has 2 aromatic heterocycles. The SMILES string of the molecule is Cc1ccccc1-n1nccc1-c1ccnc(NC(N)=O)c1. The monoisotopic (exact) mass is 293 g/mol. The summed E-state index contributed by atoms with van der Waals surface area (Å²) in [5, 5.41) is 6.87. The van der Waals surface area contributed by atoms with Crippen molar-refractivity contribution < 1.29 is 4.79 Å². The molecule has 3 rings (SSSR count). The molecule has 0 saturated heterocycles. The largest absolute Gasteiger partial charge is 0.351 e. The average Bonchev–Trinajstić information content (AvgIpc) is 2.96. The van der Waals surface area contributed by atoms with Crippen LogP contribution in [0.15, 0.2) is 54.9 Å². The van der Waals surface area contributed by atoms with Gasteiger partial charge in [0.2, 0.25) is 0 Å². The van der Waals surface area contributed by atoms with Gasteiger partial charge >= 0.3 is 6.03 Å². The second-order valence-electron chi connectivity index (χ2n) is 4.83. The molecule has 0 atom stereocenters. The smallest absolute Gasteiger partial charge is 0.317 e. The van der Waals surface area contributed by atoms with Gasteiger partial charge in [-0.2, -0.15) is 5.10 Å². The fourth-order valence-corrected chi connectivity index (χ4v) is 2.30. The summed E-state index contributed by atoms with van der Waals surface area (Å²) in [5.41, 5.74) is 9.05. The number of rotatable bonds is 3. The summed E-state index contributed by atoms with van der Waals surface area (Å²) >= 11 is 0. The van der Waals surface area contributed by atoms with Crippen LogP contribution in [-0.2, 0) is 0 Å². The van der Waals surface area contributed by atoms with Gasteiger partial charge in [0.05, 0.1) is 17.6 Å². The minimum Gasteiger partial charge on any atom is -0.351 e. The van der Waals surface area contributed by atoms with Gasteiger partial charge in [0.1, 0.15) is 5.82 Å². The molecule has 0 saturated carbocycles. The number of hydrogen-bond donors (Lipinski definition) is 2. The zero-order valence-electron chi connectivity index (χ0n) is 12.0. The number of urea groups is 1. The first-order valence-corrected chi connectivity index (χ1v) is 6.78. The van der Waals surface area contributed by atoms with Crippen LogP contribution in [0.1, 0.15) is 5.56 Å². The van der Waals surface area contributed by atoms with Gasteiger partial charge in [-0.1, -0.05) is 18.2 Å². The quantitative estimate of drug-likeness (QED) is 0.778. The van der Waals surface area contributed by atoms with E-state index in [0.717, 1.165) is 22.5 Å². The summed E-state index contributed by atoms with van der Waals surface area (Å²) in [7, 11) is 0. The van der Waals surface area contributed by atoms with E-state index in [2.05, 4.69) is 15.4 Å². The van der Waals surface area contributed by atoms with Crippen LogP contribution >= 0.6 is 0 Å². The summed E-state index contributed by atoms with van der Waals surface area (Å²) in [6, 6.07) is 12.9. The molecule has 110 valence electrons. The predicted molar refractivity (Wildman–Crippen MR) is 84.7 cm³/mol. The van der Waals surface area contributed by atoms with Crippen LogP contribution in [0.2, 0.25) is 0 Å². The molecule has 0 bridgehead atoms. The van der Waals surface area contributed by atoms with Gasteiger partial charge in [0.25, 0.3) is 0 Å². The maximum Gasteiger partial charge on any atom is 0.317 e. The van der Waals surface area contributed by atoms with Crippen LogP contribution in [0.3, 0.4) is 0 Å². The van der Waals surface area contributed by atoms with Gasteiger partial charge in [-0.25, -0.2) is 14.5 Å². The van der Waals surface area contributed by atoms with E-state index in [0.29, 0.717) is 5.82 Å². The van der Waals surface area contributed by atoms with E-state index >= 15 is 0 Å². The van der Waals surface area contributed by atoms with E-state index in [4.69, 9.17) is 5.73 Å². The highest BCUT2D eigenvalue weighted by atomic mass is 16.2. The Labute approximate surface area is 127 Å². The lowest BCUT2D eigenvalue weighted by atomic mass is 10.1. The standard InChI is InChI=1S/C16H15N5O/c1-11-4-2-3-5-13(11)21-14(7-9-19-21)12-6-8-18-15(10-12)20-16(17)22/h2-10H,1H3,(H3,17,18,20,22). The number of aryl methyl sites for hydroxylation is 1. The molecule has 0 aliphatic carbocycles. The maximum atomic E-state index is 11.0. The first kappa shape index (κ1) is 13.8. The molecule has 6 nitrogen and oxygen atoms in total. The van der Waals surface area contributed by atoms with Crippen molar-refractivity contribution in [3.63, 3.8) is 0 Å². The molecule has 0 spiro atoms. The van der Waals surface area contributed by atoms with Crippen LogP contribution in [0.4, 0.5) is 10.6 Å². The summed E-state index contributed by atoms with van der Waals surface area (Å²) in [6.07, 6.45) is 3.36. The highest BCUT2D eigenvalue weighted by molar-refractivity contribution is 5.87. The van der Waals surface area contributed by atoms with Crippen molar-refractivity contribution in [1.82, 2.24) is 14.8 Å². The third-order valence-corrected chi connectivity index (χ3v) is 3.29. The molecule has 6 heteroatoms. The number of amides is 2. The maximum absolute atomic E-state index is 11.0. The molecule has 0 unspecified atom stereocenters. The molecule has 0 fully saturated rings. The summed E-state index contributed by atoms with van der Waals surface area (Å²) in [5.74, 6) is 0.405. The van der Waals surface area contributed by atoms with E-state index in [1.807, 2.05) is 48.0 Å². The number of pyridine rings is 1. The molecule has 3 aromatic rings. The summed E-state index contributed by atoms with van der Waals surface area (Å²) in [4.78, 5) is 15.0. The minimum absolute atomic E-state index is 0.405. The summed E-state index contributed by atoms with van der Waals surface area (Å²) in [6.45, 7) is 2.04. The normalized spacial score (nSPS) is 10.4. The summed E-state index contributed by atoms with van der Waals surface area (Å²) < 4.78 is 1.86. The number of benzene rings is 1. The predicted octanol–water partition coefficient (Wildman–Crippen LogP) is 2.73. The van der Waals surface area contributed by atoms with Gasteiger partial charge in [-0.3, -0.25) is 5.32 Å². The number of carbonyl (C=O) groups is 1. The number of aromatic nitrogens is 3. The Balaban J connectivity index is 2.06. The van der Waals surface area contributed by atoms with Gasteiger partial charge in [-0.05, 0) is 36.8 Å². The second-order valence-corrected chi connectivity index (χ2v) is 4.83. The van der Waals surface area contributed by atoms with Crippen molar-refractivity contribution in [2.75, 3.05) is 5.32 Å². The number of carbonyl (C=O) groups excluding carboxylic acids is 1. The van der Waals surface area contributed by atoms with Crippen molar-refractivity contribution in [2.24, 2.45) is 5.73 Å². The molecule has 0 aliphatic heterocycles. The minimum atomic E-state index is -0.642. The zero-order chi connectivity index (χ0) is 15.5. The third kappa shape index (κ3) is 2.67. The van der Waals surface area contributed by atoms with Crippen molar-refractivity contribution in [2.45, 2.75) is 6.92 Å². The highest BCUT2D eigenvalue weighted by Gasteiger charge is 2.10. The number of primary amides is 1. The first-order chi connectivity index (χ1) is 10.6. The van der Waals surface area contributed by atoms with E-state index in [9.17, 15) is 4.79 Å². The van der Waals surface area contributed by atoms with Crippen LogP contribution in [-0.4, -0.2) is 20.8 Å². The number of nitrogens with two attached hydrogens (primary N) is 1. The lowest BCUT2D eigenvalue weighted by molar-refractivity contribution is 0.259. The van der Waals surface area contributed by atoms with Crippen LogP contribution in [0.5, 0.6) is 0 Å². The van der Waals surface area contributed by atoms with E-state index in [1.54, 1.807) is 18.5 Å². The number of nitrogens with one attached hydrogen (secondary N) is 1. The molecule has 1 aromatic carbocycles. The molecule has 2 amide bonds. The lowest BCUT2D eigenvalue weighted by Gasteiger charge is -2.11. The van der Waals surface area contributed by atoms with Crippen LogP contribution in [0, 0.1) is 6.92 Å². The van der Waals surface area contributed by atoms with Crippen molar-refractivity contribution in [3.05, 3.63) is 60.4 Å². The average molecular weight is 293 g/mol. The van der Waals surface area contributed by atoms with Gasteiger partial charge in [0.15, 0.2) is 0 Å². The number of hydrogen-bond acceptors (Lipinski definition) is 3. The fourth-order valence-electron chi connectivity index (χ4n) is 2.30. The number of nitrogens with zero attached hydrogens (tertiary/aromatic N) is 3. The van der Waals surface area contributed by atoms with Crippen molar-refractivity contribution >= 4 is 11.8 Å². The lowest BCUT2D eigenvalue weighted by Crippen LogP contribution is -2.19. The Bertz CT molecular complexity index is 825. The molecule has 22 heavy (non-hydrogen) atoms. The van der Waals surface area contributed by atoms with E-state index in [1.165, 1.54) is 0 Å². The number of para-hydroxylation sites is 1. The zero-order valence-corrected chi connectivity index (χ0v) is 12.0. The Morgan fingerprint density at radius 3 is 2.77 bits per heavy atom. The molecule has 2 heterocycles. The van der Waals surface area contributed by atoms with Crippen molar-refractivity contribution in [1.29, 1.82) is 0 Å². The fraction of sp³-hybridized carbons (Fsp3) is 0.0625. The van der Waals surface area contributed by atoms with Crippen molar-refractivity contribution in [3.8, 4) is 16.9 Å². The first-order valence-electron chi connectivity index (χ1n) is 6.78. The van der Waals surface area contributed by atoms with E-state index < -0.39 is 6.03 Å².